The molecule has 8 rings (SSSR count). The molecule has 248 valence electrons. The number of nitrogens with zero attached hydrogens (tertiary/aromatic N) is 5. The number of allylic oxidation sites excluding steroid dienone is 1. The first-order chi connectivity index (χ1) is 22.1. The van der Waals surface area contributed by atoms with E-state index < -0.39 is 12.0 Å². The molecule has 3 atom stereocenters. The second-order valence-corrected chi connectivity index (χ2v) is 14.6. The number of fused-ring (bicyclic) bond motifs is 9. The molecule has 5 aliphatic heterocycles. The number of alkyl halides is 1. The van der Waals surface area contributed by atoms with E-state index in [1.807, 2.05) is 26.0 Å². The van der Waals surface area contributed by atoms with Gasteiger partial charge in [-0.05, 0) is 106 Å². The van der Waals surface area contributed by atoms with Crippen molar-refractivity contribution in [3.05, 3.63) is 58.4 Å². The summed E-state index contributed by atoms with van der Waals surface area (Å²) in [6.07, 6.45) is 12.1. The predicted molar refractivity (Wildman–Crippen MR) is 185 cm³/mol. The number of hydrogen-bond acceptors (Lipinski definition) is 6. The summed E-state index contributed by atoms with van der Waals surface area (Å²) in [7, 11) is 0. The Hall–Kier alpha value is -2.84. The number of aromatic nitrogens is 3. The highest BCUT2D eigenvalue weighted by Crippen LogP contribution is 2.39. The van der Waals surface area contributed by atoms with Crippen molar-refractivity contribution in [2.45, 2.75) is 104 Å². The molecule has 0 radical (unpaired) electrons. The summed E-state index contributed by atoms with van der Waals surface area (Å²) in [5.74, 6) is 1.06. The number of halogens is 3. The fourth-order valence-corrected chi connectivity index (χ4v) is 8.28. The number of piperidine rings is 1. The van der Waals surface area contributed by atoms with Gasteiger partial charge in [-0.3, -0.25) is 9.88 Å². The Bertz CT molecular complexity index is 1570. The lowest BCUT2D eigenvalue weighted by molar-refractivity contribution is 0.240. The summed E-state index contributed by atoms with van der Waals surface area (Å²) in [6.45, 7) is 15.1. The third-order valence-corrected chi connectivity index (χ3v) is 10.8. The number of anilines is 1. The molecule has 7 heterocycles. The zero-order chi connectivity index (χ0) is 32.4. The van der Waals surface area contributed by atoms with Crippen molar-refractivity contribution in [2.24, 2.45) is 5.41 Å². The lowest BCUT2D eigenvalue weighted by Gasteiger charge is -2.41. The smallest absolute Gasteiger partial charge is 0.175 e. The number of nitrogens with one attached hydrogen (secondary N) is 1. The van der Waals surface area contributed by atoms with Crippen LogP contribution in [-0.2, 0) is 12.8 Å². The third kappa shape index (κ3) is 7.18. The summed E-state index contributed by atoms with van der Waals surface area (Å²) < 4.78 is 29.0. The molecule has 0 amide bonds. The normalized spacial score (nSPS) is 25.4. The molecule has 2 aromatic heterocycles. The Morgan fingerprint density at radius 3 is 2.74 bits per heavy atom. The van der Waals surface area contributed by atoms with Crippen LogP contribution in [0.4, 0.5) is 14.6 Å². The van der Waals surface area contributed by atoms with Gasteiger partial charge in [0.2, 0.25) is 0 Å². The quantitative estimate of drug-likeness (QED) is 0.286. The van der Waals surface area contributed by atoms with E-state index in [0.29, 0.717) is 46.5 Å². The Morgan fingerprint density at radius 2 is 1.93 bits per heavy atom. The van der Waals surface area contributed by atoms with Crippen LogP contribution in [-0.4, -0.2) is 64.8 Å². The van der Waals surface area contributed by atoms with Crippen LogP contribution in [0.2, 0.25) is 5.02 Å². The van der Waals surface area contributed by atoms with Crippen LogP contribution >= 0.6 is 11.6 Å². The minimum Gasteiger partial charge on any atom is -0.389 e. The number of pyridine rings is 1. The Morgan fingerprint density at radius 1 is 1.11 bits per heavy atom. The second-order valence-electron chi connectivity index (χ2n) is 14.2. The van der Waals surface area contributed by atoms with Gasteiger partial charge in [-0.15, -0.1) is 0 Å². The molecule has 9 heteroatoms. The third-order valence-electron chi connectivity index (χ3n) is 10.4. The zero-order valence-electron chi connectivity index (χ0n) is 27.8. The van der Waals surface area contributed by atoms with Crippen molar-refractivity contribution in [3.63, 3.8) is 0 Å². The van der Waals surface area contributed by atoms with Crippen molar-refractivity contribution in [2.75, 3.05) is 37.6 Å². The highest BCUT2D eigenvalue weighted by Gasteiger charge is 2.35. The first-order valence-corrected chi connectivity index (χ1v) is 17.7. The Balaban J connectivity index is 0.000000352. The van der Waals surface area contributed by atoms with Gasteiger partial charge in [0.1, 0.15) is 29.0 Å². The monoisotopic (exact) mass is 650 g/mol. The van der Waals surface area contributed by atoms with Crippen molar-refractivity contribution in [3.8, 4) is 11.3 Å². The van der Waals surface area contributed by atoms with Crippen molar-refractivity contribution < 1.29 is 8.78 Å². The van der Waals surface area contributed by atoms with E-state index in [1.165, 1.54) is 12.8 Å². The van der Waals surface area contributed by atoms with E-state index in [9.17, 15) is 4.39 Å². The van der Waals surface area contributed by atoms with Crippen molar-refractivity contribution >= 4 is 28.3 Å². The van der Waals surface area contributed by atoms with Gasteiger partial charge in [-0.25, -0.2) is 18.7 Å². The van der Waals surface area contributed by atoms with Crippen LogP contribution in [0.1, 0.15) is 88.6 Å². The van der Waals surface area contributed by atoms with Gasteiger partial charge >= 0.3 is 0 Å². The van der Waals surface area contributed by atoms with Crippen molar-refractivity contribution in [1.29, 1.82) is 0 Å². The second kappa shape index (κ2) is 14.1. The molecule has 1 N–H and O–H groups in total. The maximum atomic E-state index is 16.3. The molecule has 6 bridgehead atoms. The van der Waals surface area contributed by atoms with Gasteiger partial charge in [0.15, 0.2) is 5.82 Å². The van der Waals surface area contributed by atoms with Crippen LogP contribution in [0.25, 0.3) is 22.2 Å². The molecule has 3 unspecified atom stereocenters. The molecule has 0 spiro atoms. The Labute approximate surface area is 278 Å². The van der Waals surface area contributed by atoms with Gasteiger partial charge in [0.25, 0.3) is 0 Å². The van der Waals surface area contributed by atoms with Gasteiger partial charge in [0.05, 0.1) is 5.39 Å². The maximum Gasteiger partial charge on any atom is 0.175 e. The number of aryl methyl sites for hydroxylation is 2. The highest BCUT2D eigenvalue weighted by molar-refractivity contribution is 6.31. The lowest BCUT2D eigenvalue weighted by Crippen LogP contribution is -2.43. The molecule has 1 aromatic carbocycles. The van der Waals surface area contributed by atoms with E-state index in [4.69, 9.17) is 21.6 Å². The van der Waals surface area contributed by atoms with Crippen LogP contribution in [0.5, 0.6) is 0 Å². The summed E-state index contributed by atoms with van der Waals surface area (Å²) >= 11 is 6.73. The van der Waals surface area contributed by atoms with Crippen LogP contribution in [0.3, 0.4) is 0 Å². The standard InChI is InChI=1S/C30H37ClFN5.C7H12FN/c1-5-25-35-28-23-17-34-27(26(28)32)22-15-19(2)16-24(31)21(22)10-7-6-9-20(3)33-13-12-30(4)11-8-14-37(18-30)29(23)36-25;8-6-4-7-2-1-3-9(7)5-6/h15-17,33H,3,5-14,18H2,1-2,4H3;6-7H,1-5H2. The van der Waals surface area contributed by atoms with Gasteiger partial charge < -0.3 is 10.2 Å². The Kier molecular flexibility index (Phi) is 10.1. The fourth-order valence-electron chi connectivity index (χ4n) is 7.91. The molecule has 46 heavy (non-hydrogen) atoms. The van der Waals surface area contributed by atoms with E-state index in [0.717, 1.165) is 106 Å². The van der Waals surface area contributed by atoms with E-state index in [2.05, 4.69) is 33.6 Å². The molecule has 0 aliphatic carbocycles. The van der Waals surface area contributed by atoms with Gasteiger partial charge in [-0.2, -0.15) is 0 Å². The fraction of sp³-hybridized carbons (Fsp3) is 0.595. The summed E-state index contributed by atoms with van der Waals surface area (Å²) in [4.78, 5) is 18.9. The zero-order valence-corrected chi connectivity index (χ0v) is 28.5. The first-order valence-electron chi connectivity index (χ1n) is 17.3. The first kappa shape index (κ1) is 33.1. The molecule has 5 aliphatic rings. The number of benzene rings is 1. The molecule has 3 saturated heterocycles. The highest BCUT2D eigenvalue weighted by atomic mass is 35.5. The van der Waals surface area contributed by atoms with Gasteiger partial charge in [-0.1, -0.05) is 32.0 Å². The topological polar surface area (TPSA) is 57.2 Å². The van der Waals surface area contributed by atoms with Crippen LogP contribution < -0.4 is 10.2 Å². The predicted octanol–water partition coefficient (Wildman–Crippen LogP) is 8.37. The van der Waals surface area contributed by atoms with Gasteiger partial charge in [0, 0.05) is 61.1 Å². The van der Waals surface area contributed by atoms with E-state index in [1.54, 1.807) is 6.20 Å². The molecule has 6 nitrogen and oxygen atoms in total. The molecule has 0 saturated carbocycles. The largest absolute Gasteiger partial charge is 0.389 e. The number of rotatable bonds is 1. The average molecular weight is 651 g/mol. The lowest BCUT2D eigenvalue weighted by atomic mass is 9.79. The average Bonchev–Trinajstić information content (AvgIpc) is 3.60. The number of hydrogen-bond donors (Lipinski definition) is 1. The van der Waals surface area contributed by atoms with E-state index in [-0.39, 0.29) is 5.41 Å². The summed E-state index contributed by atoms with van der Waals surface area (Å²) in [6, 6.07) is 4.56. The minimum absolute atomic E-state index is 0.139. The van der Waals surface area contributed by atoms with Crippen LogP contribution in [0, 0.1) is 18.2 Å². The summed E-state index contributed by atoms with van der Waals surface area (Å²) in [5.41, 5.74) is 4.56. The maximum absolute atomic E-state index is 16.3. The molecule has 3 fully saturated rings. The molecular weight excluding hydrogens is 602 g/mol. The SMILES string of the molecule is C=C1CCCCc2c(Cl)cc(C)cc2-c2ncc3c(nc(CC)nc3c2F)N2CCCC(C)(CCN1)C2.FC1CC2CCCN2C1. The van der Waals surface area contributed by atoms with E-state index >= 15 is 4.39 Å². The summed E-state index contributed by atoms with van der Waals surface area (Å²) in [5, 5.41) is 4.91. The van der Waals surface area contributed by atoms with Crippen molar-refractivity contribution in [1.82, 2.24) is 25.2 Å². The molecular formula is C37H49ClF2N6. The van der Waals surface area contributed by atoms with Crippen LogP contribution in [0.15, 0.2) is 30.6 Å². The minimum atomic E-state index is -0.518. The molecule has 3 aromatic rings.